The van der Waals surface area contributed by atoms with Crippen LogP contribution in [0.2, 0.25) is 10.0 Å². The molecule has 0 aliphatic rings. The Morgan fingerprint density at radius 3 is 2.31 bits per heavy atom. The number of halogens is 2. The van der Waals surface area contributed by atoms with Crippen LogP contribution in [0.5, 0.6) is 0 Å². The molecule has 0 bridgehead atoms. The van der Waals surface area contributed by atoms with Crippen LogP contribution in [0.3, 0.4) is 0 Å². The zero-order valence-electron chi connectivity index (χ0n) is 14.1. The van der Waals surface area contributed by atoms with Gasteiger partial charge in [-0.25, -0.2) is 4.79 Å². The minimum Gasteiger partial charge on any atom is -0.452 e. The molecule has 0 radical (unpaired) electrons. The summed E-state index contributed by atoms with van der Waals surface area (Å²) in [5.41, 5.74) is 1.05. The first-order valence-electron chi connectivity index (χ1n) is 7.52. The standard InChI is InChI=1S/C18H16Cl2N2O4/c1-22(2)17(24)11-6-8-12(9-7-11)21-15(23)10-26-18(25)13-4-3-5-14(19)16(13)20/h3-9H,10H2,1-2H3,(H,21,23). The lowest BCUT2D eigenvalue weighted by molar-refractivity contribution is -0.119. The highest BCUT2D eigenvalue weighted by atomic mass is 35.5. The second kappa shape index (κ2) is 8.69. The van der Waals surface area contributed by atoms with Gasteiger partial charge < -0.3 is 15.0 Å². The summed E-state index contributed by atoms with van der Waals surface area (Å²) in [5, 5.41) is 2.86. The van der Waals surface area contributed by atoms with E-state index in [0.29, 0.717) is 11.3 Å². The molecule has 0 unspecified atom stereocenters. The number of carbonyl (C=O) groups is 3. The molecule has 0 saturated heterocycles. The molecule has 2 aromatic rings. The molecule has 136 valence electrons. The Hall–Kier alpha value is -2.57. The number of esters is 1. The number of amides is 2. The van der Waals surface area contributed by atoms with Crippen molar-refractivity contribution in [1.29, 1.82) is 0 Å². The van der Waals surface area contributed by atoms with Crippen LogP contribution >= 0.6 is 23.2 Å². The van der Waals surface area contributed by atoms with Gasteiger partial charge in [0.25, 0.3) is 11.8 Å². The summed E-state index contributed by atoms with van der Waals surface area (Å²) >= 11 is 11.8. The third-order valence-corrected chi connectivity index (χ3v) is 4.15. The summed E-state index contributed by atoms with van der Waals surface area (Å²) in [4.78, 5) is 37.1. The Bertz CT molecular complexity index is 836. The van der Waals surface area contributed by atoms with Crippen molar-refractivity contribution in [2.45, 2.75) is 0 Å². The van der Waals surface area contributed by atoms with Crippen LogP contribution in [0.4, 0.5) is 5.69 Å². The van der Waals surface area contributed by atoms with Gasteiger partial charge in [-0.1, -0.05) is 29.3 Å². The highest BCUT2D eigenvalue weighted by molar-refractivity contribution is 6.43. The minimum absolute atomic E-state index is 0.0701. The Balaban J connectivity index is 1.91. The average Bonchev–Trinajstić information content (AvgIpc) is 2.62. The molecule has 2 aromatic carbocycles. The third-order valence-electron chi connectivity index (χ3n) is 3.33. The fraction of sp³-hybridized carbons (Fsp3) is 0.167. The second-order valence-corrected chi connectivity index (χ2v) is 6.29. The molecule has 0 aromatic heterocycles. The summed E-state index contributed by atoms with van der Waals surface area (Å²) in [7, 11) is 3.30. The molecule has 26 heavy (non-hydrogen) atoms. The molecule has 0 saturated carbocycles. The number of benzene rings is 2. The van der Waals surface area contributed by atoms with E-state index in [2.05, 4.69) is 5.32 Å². The van der Waals surface area contributed by atoms with E-state index in [9.17, 15) is 14.4 Å². The van der Waals surface area contributed by atoms with Crippen molar-refractivity contribution in [3.05, 3.63) is 63.6 Å². The highest BCUT2D eigenvalue weighted by Gasteiger charge is 2.15. The lowest BCUT2D eigenvalue weighted by atomic mass is 10.2. The van der Waals surface area contributed by atoms with Crippen molar-refractivity contribution in [1.82, 2.24) is 4.90 Å². The topological polar surface area (TPSA) is 75.7 Å². The first-order chi connectivity index (χ1) is 12.3. The van der Waals surface area contributed by atoms with E-state index in [4.69, 9.17) is 27.9 Å². The van der Waals surface area contributed by atoms with Gasteiger partial charge in [-0.2, -0.15) is 0 Å². The molecule has 2 amide bonds. The monoisotopic (exact) mass is 394 g/mol. The minimum atomic E-state index is -0.750. The van der Waals surface area contributed by atoms with Crippen LogP contribution < -0.4 is 5.32 Å². The van der Waals surface area contributed by atoms with Crippen molar-refractivity contribution >= 4 is 46.7 Å². The SMILES string of the molecule is CN(C)C(=O)c1ccc(NC(=O)COC(=O)c2cccc(Cl)c2Cl)cc1. The van der Waals surface area contributed by atoms with Gasteiger partial charge in [0.2, 0.25) is 0 Å². The van der Waals surface area contributed by atoms with Crippen LogP contribution in [-0.2, 0) is 9.53 Å². The van der Waals surface area contributed by atoms with E-state index in [1.807, 2.05) is 0 Å². The maximum atomic E-state index is 12.0. The quantitative estimate of drug-likeness (QED) is 0.787. The molecule has 6 nitrogen and oxygen atoms in total. The normalized spacial score (nSPS) is 10.2. The number of nitrogens with one attached hydrogen (secondary N) is 1. The molecule has 2 rings (SSSR count). The van der Waals surface area contributed by atoms with E-state index in [-0.39, 0.29) is 21.5 Å². The summed E-state index contributed by atoms with van der Waals surface area (Å²) < 4.78 is 4.94. The first-order valence-corrected chi connectivity index (χ1v) is 8.28. The molecule has 0 heterocycles. The molecule has 0 aliphatic carbocycles. The maximum Gasteiger partial charge on any atom is 0.340 e. The summed E-state index contributed by atoms with van der Waals surface area (Å²) in [6.45, 7) is -0.486. The zero-order chi connectivity index (χ0) is 19.3. The second-order valence-electron chi connectivity index (χ2n) is 5.50. The predicted octanol–water partition coefficient (Wildman–Crippen LogP) is 3.49. The van der Waals surface area contributed by atoms with Gasteiger partial charge in [-0.15, -0.1) is 0 Å². The Labute approximate surface area is 160 Å². The van der Waals surface area contributed by atoms with Crippen molar-refractivity contribution in [2.75, 3.05) is 26.0 Å². The van der Waals surface area contributed by atoms with Crippen LogP contribution in [0, 0.1) is 0 Å². The number of anilines is 1. The van der Waals surface area contributed by atoms with Crippen molar-refractivity contribution in [3.8, 4) is 0 Å². The smallest absolute Gasteiger partial charge is 0.340 e. The molecule has 0 fully saturated rings. The van der Waals surface area contributed by atoms with Crippen molar-refractivity contribution in [2.24, 2.45) is 0 Å². The predicted molar refractivity (Wildman–Crippen MR) is 99.8 cm³/mol. The van der Waals surface area contributed by atoms with Gasteiger partial charge in [0, 0.05) is 25.3 Å². The molecular formula is C18H16Cl2N2O4. The Morgan fingerprint density at radius 1 is 1.04 bits per heavy atom. The lowest BCUT2D eigenvalue weighted by Crippen LogP contribution is -2.22. The van der Waals surface area contributed by atoms with Gasteiger partial charge in [0.1, 0.15) is 0 Å². The van der Waals surface area contributed by atoms with Crippen molar-refractivity contribution in [3.63, 3.8) is 0 Å². The van der Waals surface area contributed by atoms with E-state index >= 15 is 0 Å². The number of hydrogen-bond donors (Lipinski definition) is 1. The molecule has 8 heteroatoms. The first kappa shape index (κ1) is 19.8. The number of nitrogens with zero attached hydrogens (tertiary/aromatic N) is 1. The maximum absolute atomic E-state index is 12.0. The van der Waals surface area contributed by atoms with Gasteiger partial charge in [0.05, 0.1) is 15.6 Å². The fourth-order valence-corrected chi connectivity index (χ4v) is 2.40. The number of rotatable bonds is 5. The van der Waals surface area contributed by atoms with Crippen molar-refractivity contribution < 1.29 is 19.1 Å². The fourth-order valence-electron chi connectivity index (χ4n) is 2.02. The third kappa shape index (κ3) is 4.97. The summed E-state index contributed by atoms with van der Waals surface area (Å²) in [6.07, 6.45) is 0. The summed E-state index contributed by atoms with van der Waals surface area (Å²) in [5.74, 6) is -1.42. The van der Waals surface area contributed by atoms with Crippen LogP contribution in [-0.4, -0.2) is 43.4 Å². The molecule has 1 N–H and O–H groups in total. The molecule has 0 atom stereocenters. The zero-order valence-corrected chi connectivity index (χ0v) is 15.6. The largest absolute Gasteiger partial charge is 0.452 e. The van der Waals surface area contributed by atoms with Gasteiger partial charge in [0.15, 0.2) is 6.61 Å². The van der Waals surface area contributed by atoms with E-state index in [0.717, 1.165) is 0 Å². The van der Waals surface area contributed by atoms with E-state index in [1.165, 1.54) is 17.0 Å². The highest BCUT2D eigenvalue weighted by Crippen LogP contribution is 2.26. The van der Waals surface area contributed by atoms with Gasteiger partial charge in [-0.05, 0) is 36.4 Å². The van der Waals surface area contributed by atoms with Gasteiger partial charge in [-0.3, -0.25) is 9.59 Å². The average molecular weight is 395 g/mol. The van der Waals surface area contributed by atoms with E-state index in [1.54, 1.807) is 44.4 Å². The van der Waals surface area contributed by atoms with Crippen LogP contribution in [0.15, 0.2) is 42.5 Å². The number of ether oxygens (including phenoxy) is 1. The van der Waals surface area contributed by atoms with Crippen LogP contribution in [0.25, 0.3) is 0 Å². The Morgan fingerprint density at radius 2 is 1.69 bits per heavy atom. The van der Waals surface area contributed by atoms with Crippen LogP contribution in [0.1, 0.15) is 20.7 Å². The lowest BCUT2D eigenvalue weighted by Gasteiger charge is -2.11. The number of carbonyl (C=O) groups excluding carboxylic acids is 3. The Kier molecular flexibility index (Phi) is 6.60. The molecule has 0 aliphatic heterocycles. The van der Waals surface area contributed by atoms with E-state index < -0.39 is 18.5 Å². The molecular weight excluding hydrogens is 379 g/mol. The number of hydrogen-bond acceptors (Lipinski definition) is 4. The summed E-state index contributed by atoms with van der Waals surface area (Å²) in [6, 6.07) is 10.9. The molecule has 0 spiro atoms. The van der Waals surface area contributed by atoms with Gasteiger partial charge >= 0.3 is 5.97 Å².